The highest BCUT2D eigenvalue weighted by molar-refractivity contribution is 5.69. The highest BCUT2D eigenvalue weighted by Gasteiger charge is 2.09. The first-order valence-electron chi connectivity index (χ1n) is 3.51. The minimum atomic E-state index is -0.169. The first-order chi connectivity index (χ1) is 4.74. The molecule has 3 heteroatoms. The van der Waals surface area contributed by atoms with Gasteiger partial charge < -0.3 is 10.5 Å². The average molecular weight is 145 g/mol. The Morgan fingerprint density at radius 2 is 2.30 bits per heavy atom. The van der Waals surface area contributed by atoms with Crippen molar-refractivity contribution in [3.8, 4) is 0 Å². The monoisotopic (exact) mass is 145 g/mol. The molecule has 0 aliphatic heterocycles. The van der Waals surface area contributed by atoms with Gasteiger partial charge in [-0.25, -0.2) is 0 Å². The van der Waals surface area contributed by atoms with Crippen molar-refractivity contribution >= 4 is 5.97 Å². The fraction of sp³-hybridized carbons (Fsp3) is 0.857. The summed E-state index contributed by atoms with van der Waals surface area (Å²) in [6.45, 7) is 2.58. The molecule has 60 valence electrons. The summed E-state index contributed by atoms with van der Waals surface area (Å²) in [5, 5.41) is 0. The lowest BCUT2D eigenvalue weighted by Crippen LogP contribution is -2.17. The fourth-order valence-corrected chi connectivity index (χ4v) is 0.713. The Morgan fingerprint density at radius 1 is 1.70 bits per heavy atom. The second-order valence-electron chi connectivity index (χ2n) is 2.29. The minimum absolute atomic E-state index is 0.169. The Morgan fingerprint density at radius 3 is 2.60 bits per heavy atom. The molecular weight excluding hydrogens is 130 g/mol. The number of ether oxygens (including phenoxy) is 1. The van der Waals surface area contributed by atoms with E-state index in [1.807, 2.05) is 6.92 Å². The van der Waals surface area contributed by atoms with Crippen molar-refractivity contribution in [1.29, 1.82) is 0 Å². The third kappa shape index (κ3) is 3.45. The molecule has 10 heavy (non-hydrogen) atoms. The molecule has 0 saturated carbocycles. The quantitative estimate of drug-likeness (QED) is 0.587. The molecule has 0 amide bonds. The lowest BCUT2D eigenvalue weighted by molar-refractivity contribution is -0.141. The van der Waals surface area contributed by atoms with Crippen LogP contribution in [0.2, 0.25) is 0 Å². The van der Waals surface area contributed by atoms with Gasteiger partial charge in [-0.15, -0.1) is 0 Å². The molecule has 0 heterocycles. The first kappa shape index (κ1) is 9.43. The maximum atomic E-state index is 10.7. The summed E-state index contributed by atoms with van der Waals surface area (Å²) in [5.74, 6) is 0.116. The number of hydrogen-bond acceptors (Lipinski definition) is 3. The van der Waals surface area contributed by atoms with Gasteiger partial charge in [-0.2, -0.15) is 0 Å². The molecule has 3 nitrogen and oxygen atoms in total. The number of nitrogens with two attached hydrogens (primary N) is 1. The van der Waals surface area contributed by atoms with Crippen molar-refractivity contribution < 1.29 is 9.53 Å². The van der Waals surface area contributed by atoms with Crippen molar-refractivity contribution in [3.05, 3.63) is 0 Å². The third-order valence-corrected chi connectivity index (χ3v) is 1.59. The van der Waals surface area contributed by atoms with Crippen LogP contribution < -0.4 is 5.73 Å². The molecule has 0 radical (unpaired) electrons. The van der Waals surface area contributed by atoms with Crippen LogP contribution in [0.1, 0.15) is 19.8 Å². The maximum absolute atomic E-state index is 10.7. The largest absolute Gasteiger partial charge is 0.469 e. The van der Waals surface area contributed by atoms with Crippen LogP contribution in [0, 0.1) is 5.92 Å². The summed E-state index contributed by atoms with van der Waals surface area (Å²) in [4.78, 5) is 10.7. The van der Waals surface area contributed by atoms with E-state index in [9.17, 15) is 4.79 Å². The second kappa shape index (κ2) is 5.23. The highest BCUT2D eigenvalue weighted by Crippen LogP contribution is 2.05. The fourth-order valence-electron chi connectivity index (χ4n) is 0.713. The molecule has 0 rings (SSSR count). The van der Waals surface area contributed by atoms with Crippen LogP contribution in [0.25, 0.3) is 0 Å². The van der Waals surface area contributed by atoms with Crippen LogP contribution in [-0.4, -0.2) is 19.6 Å². The molecule has 0 bridgehead atoms. The summed E-state index contributed by atoms with van der Waals surface area (Å²) in [6.07, 6.45) is 1.38. The Bertz CT molecular complexity index is 99.8. The Balaban J connectivity index is 3.52. The zero-order chi connectivity index (χ0) is 7.98. The number of hydrogen-bond donors (Lipinski definition) is 1. The first-order valence-corrected chi connectivity index (χ1v) is 3.51. The van der Waals surface area contributed by atoms with Gasteiger partial charge in [-0.05, 0) is 12.5 Å². The summed E-state index contributed by atoms with van der Waals surface area (Å²) in [6, 6.07) is 0. The predicted molar refractivity (Wildman–Crippen MR) is 39.5 cm³/mol. The predicted octanol–water partition coefficient (Wildman–Crippen LogP) is 0.534. The summed E-state index contributed by atoms with van der Waals surface area (Å²) < 4.78 is 4.49. The normalized spacial score (nSPS) is 12.7. The summed E-state index contributed by atoms with van der Waals surface area (Å²) >= 11 is 0. The second-order valence-corrected chi connectivity index (χ2v) is 2.29. The van der Waals surface area contributed by atoms with Gasteiger partial charge in [-0.3, -0.25) is 4.79 Å². The molecule has 0 aliphatic carbocycles. The van der Waals surface area contributed by atoms with Gasteiger partial charge in [0.1, 0.15) is 0 Å². The number of methoxy groups -OCH3 is 1. The molecule has 2 N–H and O–H groups in total. The van der Waals surface area contributed by atoms with E-state index in [4.69, 9.17) is 5.73 Å². The van der Waals surface area contributed by atoms with Crippen molar-refractivity contribution in [2.45, 2.75) is 19.8 Å². The molecule has 0 fully saturated rings. The summed E-state index contributed by atoms with van der Waals surface area (Å²) in [7, 11) is 1.39. The van der Waals surface area contributed by atoms with E-state index in [1.165, 1.54) is 7.11 Å². The van der Waals surface area contributed by atoms with E-state index >= 15 is 0 Å². The SMILES string of the molecule is CCC(CN)CC(=O)OC. The molecule has 0 aliphatic rings. The molecular formula is C7H15NO2. The topological polar surface area (TPSA) is 52.3 Å². The third-order valence-electron chi connectivity index (χ3n) is 1.59. The van der Waals surface area contributed by atoms with Crippen LogP contribution >= 0.6 is 0 Å². The van der Waals surface area contributed by atoms with E-state index in [-0.39, 0.29) is 11.9 Å². The highest BCUT2D eigenvalue weighted by atomic mass is 16.5. The van der Waals surface area contributed by atoms with Crippen molar-refractivity contribution in [3.63, 3.8) is 0 Å². The van der Waals surface area contributed by atoms with Gasteiger partial charge >= 0.3 is 5.97 Å². The Labute approximate surface area is 61.5 Å². The molecule has 1 atom stereocenters. The average Bonchev–Trinajstić information content (AvgIpc) is 1.99. The van der Waals surface area contributed by atoms with Gasteiger partial charge in [0.25, 0.3) is 0 Å². The van der Waals surface area contributed by atoms with Crippen molar-refractivity contribution in [2.75, 3.05) is 13.7 Å². The van der Waals surface area contributed by atoms with E-state index in [0.717, 1.165) is 6.42 Å². The van der Waals surface area contributed by atoms with Crippen LogP contribution in [-0.2, 0) is 9.53 Å². The van der Waals surface area contributed by atoms with E-state index in [2.05, 4.69) is 4.74 Å². The minimum Gasteiger partial charge on any atom is -0.469 e. The zero-order valence-electron chi connectivity index (χ0n) is 6.59. The summed E-state index contributed by atoms with van der Waals surface area (Å²) in [5.41, 5.74) is 5.38. The Kier molecular flexibility index (Phi) is 4.94. The van der Waals surface area contributed by atoms with E-state index in [1.54, 1.807) is 0 Å². The van der Waals surface area contributed by atoms with Crippen LogP contribution in [0.3, 0.4) is 0 Å². The van der Waals surface area contributed by atoms with Crippen molar-refractivity contribution in [1.82, 2.24) is 0 Å². The molecule has 0 aromatic carbocycles. The molecule has 1 unspecified atom stereocenters. The van der Waals surface area contributed by atoms with Crippen LogP contribution in [0.5, 0.6) is 0 Å². The van der Waals surface area contributed by atoms with Gasteiger partial charge in [0.2, 0.25) is 0 Å². The maximum Gasteiger partial charge on any atom is 0.305 e. The van der Waals surface area contributed by atoms with E-state index < -0.39 is 0 Å². The molecule has 0 aromatic rings. The van der Waals surface area contributed by atoms with Crippen LogP contribution in [0.15, 0.2) is 0 Å². The zero-order valence-corrected chi connectivity index (χ0v) is 6.59. The molecule has 0 saturated heterocycles. The van der Waals surface area contributed by atoms with Crippen molar-refractivity contribution in [2.24, 2.45) is 11.7 Å². The van der Waals surface area contributed by atoms with Gasteiger partial charge in [0.15, 0.2) is 0 Å². The van der Waals surface area contributed by atoms with Crippen LogP contribution in [0.4, 0.5) is 0 Å². The number of carbonyl (C=O) groups is 1. The lowest BCUT2D eigenvalue weighted by Gasteiger charge is -2.08. The number of carbonyl (C=O) groups excluding carboxylic acids is 1. The van der Waals surface area contributed by atoms with Gasteiger partial charge in [0, 0.05) is 6.42 Å². The molecule has 0 spiro atoms. The smallest absolute Gasteiger partial charge is 0.305 e. The van der Waals surface area contributed by atoms with E-state index in [0.29, 0.717) is 13.0 Å². The number of rotatable bonds is 4. The van der Waals surface area contributed by atoms with Gasteiger partial charge in [0.05, 0.1) is 7.11 Å². The Hall–Kier alpha value is -0.570. The molecule has 0 aromatic heterocycles. The lowest BCUT2D eigenvalue weighted by atomic mass is 10.0. The van der Waals surface area contributed by atoms with Gasteiger partial charge in [-0.1, -0.05) is 13.3 Å². The standard InChI is InChI=1S/C7H15NO2/c1-3-6(5-8)4-7(9)10-2/h6H,3-5,8H2,1-2H3. The number of esters is 1.